The Labute approximate surface area is 132 Å². The minimum Gasteiger partial charge on any atom is -0.491 e. The van der Waals surface area contributed by atoms with Crippen molar-refractivity contribution in [2.24, 2.45) is 0 Å². The van der Waals surface area contributed by atoms with Gasteiger partial charge in [0, 0.05) is 23.2 Å². The molecule has 112 valence electrons. The van der Waals surface area contributed by atoms with Crippen molar-refractivity contribution in [1.29, 1.82) is 0 Å². The van der Waals surface area contributed by atoms with Crippen LogP contribution in [-0.2, 0) is 6.54 Å². The second-order valence-electron chi connectivity index (χ2n) is 5.43. The van der Waals surface area contributed by atoms with Gasteiger partial charge in [0.2, 0.25) is 0 Å². The van der Waals surface area contributed by atoms with Crippen LogP contribution in [0.5, 0.6) is 5.75 Å². The Hall–Kier alpha value is -1.51. The van der Waals surface area contributed by atoms with E-state index >= 15 is 0 Å². The maximum absolute atomic E-state index is 5.92. The summed E-state index contributed by atoms with van der Waals surface area (Å²) in [6.07, 6.45) is 0.180. The predicted molar refractivity (Wildman–Crippen MR) is 88.9 cm³/mol. The van der Waals surface area contributed by atoms with Crippen LogP contribution in [0, 0.1) is 0 Å². The molecule has 1 unspecified atom stereocenters. The Balaban J connectivity index is 2.01. The predicted octanol–water partition coefficient (Wildman–Crippen LogP) is 4.98. The molecule has 0 aliphatic carbocycles. The zero-order valence-electron chi connectivity index (χ0n) is 12.8. The highest BCUT2D eigenvalue weighted by atomic mass is 35.5. The molecule has 0 aromatic heterocycles. The van der Waals surface area contributed by atoms with E-state index in [0.717, 1.165) is 17.3 Å². The van der Waals surface area contributed by atoms with Gasteiger partial charge in [-0.2, -0.15) is 0 Å². The van der Waals surface area contributed by atoms with Crippen molar-refractivity contribution in [3.8, 4) is 5.75 Å². The number of rotatable bonds is 6. The first-order valence-electron chi connectivity index (χ1n) is 7.29. The number of hydrogen-bond donors (Lipinski definition) is 1. The summed E-state index contributed by atoms with van der Waals surface area (Å²) < 4.78 is 5.84. The van der Waals surface area contributed by atoms with Crippen LogP contribution in [-0.4, -0.2) is 6.10 Å². The van der Waals surface area contributed by atoms with Gasteiger partial charge in [-0.3, -0.25) is 0 Å². The molecule has 21 heavy (non-hydrogen) atoms. The molecule has 0 saturated heterocycles. The van der Waals surface area contributed by atoms with E-state index in [9.17, 15) is 0 Å². The van der Waals surface area contributed by atoms with Crippen molar-refractivity contribution in [3.63, 3.8) is 0 Å². The van der Waals surface area contributed by atoms with Crippen molar-refractivity contribution >= 4 is 11.6 Å². The molecule has 0 aliphatic heterocycles. The molecule has 1 atom stereocenters. The minimum atomic E-state index is 0.180. The third-order valence-corrected chi connectivity index (χ3v) is 3.56. The van der Waals surface area contributed by atoms with Gasteiger partial charge >= 0.3 is 0 Å². The van der Waals surface area contributed by atoms with E-state index < -0.39 is 0 Å². The molecule has 2 rings (SSSR count). The first-order chi connectivity index (χ1) is 10.1. The maximum Gasteiger partial charge on any atom is 0.124 e. The van der Waals surface area contributed by atoms with Gasteiger partial charge in [-0.25, -0.2) is 0 Å². The van der Waals surface area contributed by atoms with Crippen molar-refractivity contribution in [2.45, 2.75) is 39.5 Å². The number of nitrogens with one attached hydrogen (secondary N) is 1. The lowest BCUT2D eigenvalue weighted by Gasteiger charge is -2.18. The fourth-order valence-electron chi connectivity index (χ4n) is 2.15. The standard InChI is InChI=1S/C18H22ClNO/c1-13(2)21-18-7-5-4-6-16(18)12-20-14(3)15-8-10-17(19)11-9-15/h4-11,13-14,20H,12H2,1-3H3. The lowest BCUT2D eigenvalue weighted by molar-refractivity contribution is 0.239. The van der Waals surface area contributed by atoms with E-state index in [1.165, 1.54) is 11.1 Å². The van der Waals surface area contributed by atoms with Crippen molar-refractivity contribution in [3.05, 3.63) is 64.7 Å². The molecular weight excluding hydrogens is 282 g/mol. The fourth-order valence-corrected chi connectivity index (χ4v) is 2.28. The number of benzene rings is 2. The van der Waals surface area contributed by atoms with Crippen molar-refractivity contribution in [2.75, 3.05) is 0 Å². The summed E-state index contributed by atoms with van der Waals surface area (Å²) >= 11 is 5.92. The summed E-state index contributed by atoms with van der Waals surface area (Å²) in [4.78, 5) is 0. The van der Waals surface area contributed by atoms with E-state index in [1.54, 1.807) is 0 Å². The molecule has 0 aliphatic rings. The molecular formula is C18H22ClNO. The fraction of sp³-hybridized carbons (Fsp3) is 0.333. The van der Waals surface area contributed by atoms with E-state index in [0.29, 0.717) is 0 Å². The second kappa shape index (κ2) is 7.48. The molecule has 0 fully saturated rings. The van der Waals surface area contributed by atoms with Crippen LogP contribution in [0.2, 0.25) is 5.02 Å². The largest absolute Gasteiger partial charge is 0.491 e. The van der Waals surface area contributed by atoms with Gasteiger partial charge in [0.15, 0.2) is 0 Å². The summed E-state index contributed by atoms with van der Waals surface area (Å²) in [6.45, 7) is 7.00. The summed E-state index contributed by atoms with van der Waals surface area (Å²) in [5.41, 5.74) is 2.40. The highest BCUT2D eigenvalue weighted by molar-refractivity contribution is 6.30. The van der Waals surface area contributed by atoms with E-state index in [4.69, 9.17) is 16.3 Å². The van der Waals surface area contributed by atoms with Gasteiger partial charge in [-0.05, 0) is 44.5 Å². The topological polar surface area (TPSA) is 21.3 Å². The molecule has 3 heteroatoms. The molecule has 0 saturated carbocycles. The van der Waals surface area contributed by atoms with Crippen LogP contribution in [0.1, 0.15) is 37.9 Å². The zero-order chi connectivity index (χ0) is 15.2. The first kappa shape index (κ1) is 15.9. The van der Waals surface area contributed by atoms with Crippen LogP contribution < -0.4 is 10.1 Å². The highest BCUT2D eigenvalue weighted by Crippen LogP contribution is 2.21. The second-order valence-corrected chi connectivity index (χ2v) is 5.86. The van der Waals surface area contributed by atoms with Crippen molar-refractivity contribution < 1.29 is 4.74 Å². The summed E-state index contributed by atoms with van der Waals surface area (Å²) in [7, 11) is 0. The van der Waals surface area contributed by atoms with Gasteiger partial charge in [-0.1, -0.05) is 41.9 Å². The van der Waals surface area contributed by atoms with Crippen LogP contribution in [0.15, 0.2) is 48.5 Å². The molecule has 0 radical (unpaired) electrons. The number of halogens is 1. The molecule has 0 amide bonds. The SMILES string of the molecule is CC(C)Oc1ccccc1CNC(C)c1ccc(Cl)cc1. The Morgan fingerprint density at radius 2 is 1.67 bits per heavy atom. The molecule has 0 heterocycles. The normalized spacial score (nSPS) is 12.4. The van der Waals surface area contributed by atoms with Gasteiger partial charge < -0.3 is 10.1 Å². The molecule has 2 aromatic carbocycles. The Morgan fingerprint density at radius 3 is 2.33 bits per heavy atom. The van der Waals surface area contributed by atoms with E-state index in [1.807, 2.05) is 44.2 Å². The third kappa shape index (κ3) is 4.76. The smallest absolute Gasteiger partial charge is 0.124 e. The maximum atomic E-state index is 5.92. The lowest BCUT2D eigenvalue weighted by atomic mass is 10.1. The highest BCUT2D eigenvalue weighted by Gasteiger charge is 2.08. The Bertz CT molecular complexity index is 566. The van der Waals surface area contributed by atoms with Gasteiger partial charge in [0.05, 0.1) is 6.10 Å². The monoisotopic (exact) mass is 303 g/mol. The summed E-state index contributed by atoms with van der Waals surface area (Å²) in [6, 6.07) is 16.4. The Kier molecular flexibility index (Phi) is 5.66. The van der Waals surface area contributed by atoms with Crippen molar-refractivity contribution in [1.82, 2.24) is 5.32 Å². The Morgan fingerprint density at radius 1 is 1.00 bits per heavy atom. The van der Waals surface area contributed by atoms with Crippen LogP contribution in [0.25, 0.3) is 0 Å². The van der Waals surface area contributed by atoms with Gasteiger partial charge in [-0.15, -0.1) is 0 Å². The summed E-state index contributed by atoms with van der Waals surface area (Å²) in [5, 5.41) is 4.29. The van der Waals surface area contributed by atoms with Gasteiger partial charge in [0.1, 0.15) is 5.75 Å². The molecule has 2 aromatic rings. The van der Waals surface area contributed by atoms with E-state index in [-0.39, 0.29) is 12.1 Å². The van der Waals surface area contributed by atoms with Gasteiger partial charge in [0.25, 0.3) is 0 Å². The van der Waals surface area contributed by atoms with Crippen LogP contribution in [0.3, 0.4) is 0 Å². The average molecular weight is 304 g/mol. The quantitative estimate of drug-likeness (QED) is 0.813. The number of hydrogen-bond acceptors (Lipinski definition) is 2. The number of para-hydroxylation sites is 1. The molecule has 0 spiro atoms. The van der Waals surface area contributed by atoms with Crippen LogP contribution in [0.4, 0.5) is 0 Å². The van der Waals surface area contributed by atoms with E-state index in [2.05, 4.69) is 30.4 Å². The molecule has 0 bridgehead atoms. The average Bonchev–Trinajstić information content (AvgIpc) is 2.46. The van der Waals surface area contributed by atoms with Crippen LogP contribution >= 0.6 is 11.6 Å². The zero-order valence-corrected chi connectivity index (χ0v) is 13.5. The minimum absolute atomic E-state index is 0.180. The molecule has 1 N–H and O–H groups in total. The lowest BCUT2D eigenvalue weighted by Crippen LogP contribution is -2.19. The molecule has 2 nitrogen and oxygen atoms in total. The summed E-state index contributed by atoms with van der Waals surface area (Å²) in [5.74, 6) is 0.948. The number of ether oxygens (including phenoxy) is 1. The first-order valence-corrected chi connectivity index (χ1v) is 7.67. The third-order valence-electron chi connectivity index (χ3n) is 3.30.